The van der Waals surface area contributed by atoms with Crippen LogP contribution < -0.4 is 5.73 Å². The Hall–Kier alpha value is -0.370. The number of ketones is 1. The summed E-state index contributed by atoms with van der Waals surface area (Å²) in [4.78, 5) is 12.2. The topological polar surface area (TPSA) is 43.1 Å². The van der Waals surface area contributed by atoms with E-state index >= 15 is 0 Å². The summed E-state index contributed by atoms with van der Waals surface area (Å²) in [6.07, 6.45) is 10.2. The van der Waals surface area contributed by atoms with Crippen LogP contribution in [0.3, 0.4) is 0 Å². The van der Waals surface area contributed by atoms with Crippen LogP contribution in [0.15, 0.2) is 0 Å². The molecule has 2 heteroatoms. The molecular weight excluding hydrogens is 222 g/mol. The van der Waals surface area contributed by atoms with Gasteiger partial charge in [-0.2, -0.15) is 0 Å². The molecule has 0 heterocycles. The quantitative estimate of drug-likeness (QED) is 0.712. The molecule has 2 N–H and O–H groups in total. The third-order valence-electron chi connectivity index (χ3n) is 4.83. The van der Waals surface area contributed by atoms with E-state index in [9.17, 15) is 4.79 Å². The van der Waals surface area contributed by atoms with Crippen LogP contribution in [0, 0.1) is 17.8 Å². The Bertz CT molecular complexity index is 231. The first-order valence-electron chi connectivity index (χ1n) is 7.93. The van der Waals surface area contributed by atoms with Crippen LogP contribution in [-0.4, -0.2) is 12.3 Å². The van der Waals surface area contributed by atoms with Gasteiger partial charge in [0.1, 0.15) is 5.78 Å². The standard InChI is InChI=1S/C16H31NO/c1-3-13-5-8-15(9-6-13)16(18)10-7-14(4-2)11-12-17/h13-15H,3-12,17H2,1-2H3. The molecule has 0 amide bonds. The lowest BCUT2D eigenvalue weighted by atomic mass is 9.78. The summed E-state index contributed by atoms with van der Waals surface area (Å²) in [5.41, 5.74) is 5.60. The van der Waals surface area contributed by atoms with Crippen molar-refractivity contribution in [2.45, 2.75) is 71.6 Å². The molecule has 1 aliphatic rings. The van der Waals surface area contributed by atoms with Crippen LogP contribution >= 0.6 is 0 Å². The lowest BCUT2D eigenvalue weighted by molar-refractivity contribution is -0.124. The number of nitrogens with two attached hydrogens (primary N) is 1. The van der Waals surface area contributed by atoms with Gasteiger partial charge >= 0.3 is 0 Å². The predicted molar refractivity (Wildman–Crippen MR) is 77.4 cm³/mol. The Morgan fingerprint density at radius 3 is 2.33 bits per heavy atom. The summed E-state index contributed by atoms with van der Waals surface area (Å²) < 4.78 is 0. The summed E-state index contributed by atoms with van der Waals surface area (Å²) in [5.74, 6) is 2.45. The van der Waals surface area contributed by atoms with Gasteiger partial charge < -0.3 is 5.73 Å². The summed E-state index contributed by atoms with van der Waals surface area (Å²) in [6.45, 7) is 5.23. The summed E-state index contributed by atoms with van der Waals surface area (Å²) >= 11 is 0. The predicted octanol–water partition coefficient (Wildman–Crippen LogP) is 3.93. The molecule has 1 atom stereocenters. The second-order valence-electron chi connectivity index (χ2n) is 5.98. The molecule has 0 aliphatic heterocycles. The van der Waals surface area contributed by atoms with Crippen molar-refractivity contribution in [3.63, 3.8) is 0 Å². The monoisotopic (exact) mass is 253 g/mol. The molecule has 0 spiro atoms. The number of carbonyl (C=O) groups is 1. The lowest BCUT2D eigenvalue weighted by Crippen LogP contribution is -2.22. The average Bonchev–Trinajstić information content (AvgIpc) is 2.43. The van der Waals surface area contributed by atoms with Gasteiger partial charge in [0.15, 0.2) is 0 Å². The Kier molecular flexibility index (Phi) is 7.57. The first-order chi connectivity index (χ1) is 8.71. The van der Waals surface area contributed by atoms with Crippen LogP contribution in [0.4, 0.5) is 0 Å². The fourth-order valence-corrected chi connectivity index (χ4v) is 3.23. The molecule has 18 heavy (non-hydrogen) atoms. The van der Waals surface area contributed by atoms with Crippen molar-refractivity contribution in [3.05, 3.63) is 0 Å². The fourth-order valence-electron chi connectivity index (χ4n) is 3.23. The van der Waals surface area contributed by atoms with E-state index in [0.717, 1.165) is 51.0 Å². The fraction of sp³-hybridized carbons (Fsp3) is 0.938. The summed E-state index contributed by atoms with van der Waals surface area (Å²) in [6, 6.07) is 0. The van der Waals surface area contributed by atoms with E-state index in [2.05, 4.69) is 13.8 Å². The number of hydrogen-bond acceptors (Lipinski definition) is 2. The first kappa shape index (κ1) is 15.7. The van der Waals surface area contributed by atoms with Crippen LogP contribution in [0.2, 0.25) is 0 Å². The van der Waals surface area contributed by atoms with Gasteiger partial charge in [0, 0.05) is 12.3 Å². The van der Waals surface area contributed by atoms with Crippen molar-refractivity contribution in [3.8, 4) is 0 Å². The highest BCUT2D eigenvalue weighted by atomic mass is 16.1. The number of rotatable bonds is 8. The third-order valence-corrected chi connectivity index (χ3v) is 4.83. The minimum Gasteiger partial charge on any atom is -0.330 e. The van der Waals surface area contributed by atoms with E-state index in [1.165, 1.54) is 19.3 Å². The second-order valence-corrected chi connectivity index (χ2v) is 5.98. The Morgan fingerprint density at radius 2 is 1.83 bits per heavy atom. The van der Waals surface area contributed by atoms with Gasteiger partial charge in [0.2, 0.25) is 0 Å². The second kappa shape index (κ2) is 8.68. The number of Topliss-reactive ketones (excluding diaryl/α,β-unsaturated/α-hetero) is 1. The molecule has 1 rings (SSSR count). The molecule has 2 nitrogen and oxygen atoms in total. The van der Waals surface area contributed by atoms with Crippen molar-refractivity contribution >= 4 is 5.78 Å². The highest BCUT2D eigenvalue weighted by Gasteiger charge is 2.25. The van der Waals surface area contributed by atoms with Gasteiger partial charge in [-0.05, 0) is 56.9 Å². The molecule has 0 aromatic heterocycles. The van der Waals surface area contributed by atoms with E-state index in [0.29, 0.717) is 17.6 Å². The molecule has 0 saturated heterocycles. The van der Waals surface area contributed by atoms with E-state index in [1.54, 1.807) is 0 Å². The van der Waals surface area contributed by atoms with Gasteiger partial charge in [-0.15, -0.1) is 0 Å². The first-order valence-corrected chi connectivity index (χ1v) is 7.93. The molecule has 0 aromatic rings. The zero-order chi connectivity index (χ0) is 13.4. The highest BCUT2D eigenvalue weighted by molar-refractivity contribution is 5.81. The van der Waals surface area contributed by atoms with E-state index in [-0.39, 0.29) is 0 Å². The van der Waals surface area contributed by atoms with E-state index in [1.807, 2.05) is 0 Å². The van der Waals surface area contributed by atoms with Gasteiger partial charge in [-0.1, -0.05) is 26.7 Å². The molecule has 1 aliphatic carbocycles. The van der Waals surface area contributed by atoms with Crippen molar-refractivity contribution in [2.24, 2.45) is 23.5 Å². The average molecular weight is 253 g/mol. The Balaban J connectivity index is 2.24. The van der Waals surface area contributed by atoms with Gasteiger partial charge in [-0.25, -0.2) is 0 Å². The van der Waals surface area contributed by atoms with Crippen molar-refractivity contribution < 1.29 is 4.79 Å². The largest absolute Gasteiger partial charge is 0.330 e. The third kappa shape index (κ3) is 5.09. The zero-order valence-electron chi connectivity index (χ0n) is 12.3. The molecule has 1 saturated carbocycles. The van der Waals surface area contributed by atoms with E-state index in [4.69, 9.17) is 5.73 Å². The van der Waals surface area contributed by atoms with Gasteiger partial charge in [0.05, 0.1) is 0 Å². The van der Waals surface area contributed by atoms with Gasteiger partial charge in [0.25, 0.3) is 0 Å². The maximum Gasteiger partial charge on any atom is 0.135 e. The maximum absolute atomic E-state index is 12.2. The van der Waals surface area contributed by atoms with Crippen molar-refractivity contribution in [1.29, 1.82) is 0 Å². The van der Waals surface area contributed by atoms with Crippen LogP contribution in [-0.2, 0) is 4.79 Å². The molecular formula is C16H31NO. The summed E-state index contributed by atoms with van der Waals surface area (Å²) in [7, 11) is 0. The van der Waals surface area contributed by atoms with Crippen molar-refractivity contribution in [1.82, 2.24) is 0 Å². The molecule has 0 aromatic carbocycles. The maximum atomic E-state index is 12.2. The lowest BCUT2D eigenvalue weighted by Gasteiger charge is -2.27. The normalized spacial score (nSPS) is 25.9. The number of hydrogen-bond donors (Lipinski definition) is 1. The van der Waals surface area contributed by atoms with Crippen LogP contribution in [0.25, 0.3) is 0 Å². The Morgan fingerprint density at radius 1 is 1.17 bits per heavy atom. The SMILES string of the molecule is CCC(CCN)CCC(=O)C1CCC(CC)CC1. The smallest absolute Gasteiger partial charge is 0.135 e. The zero-order valence-corrected chi connectivity index (χ0v) is 12.3. The van der Waals surface area contributed by atoms with Gasteiger partial charge in [-0.3, -0.25) is 4.79 Å². The molecule has 1 fully saturated rings. The van der Waals surface area contributed by atoms with E-state index < -0.39 is 0 Å². The molecule has 0 radical (unpaired) electrons. The molecule has 106 valence electrons. The molecule has 0 bridgehead atoms. The minimum absolute atomic E-state index is 0.378. The van der Waals surface area contributed by atoms with Crippen LogP contribution in [0.1, 0.15) is 71.6 Å². The summed E-state index contributed by atoms with van der Waals surface area (Å²) in [5, 5.41) is 0. The highest BCUT2D eigenvalue weighted by Crippen LogP contribution is 2.32. The molecule has 1 unspecified atom stereocenters. The minimum atomic E-state index is 0.378. The number of carbonyl (C=O) groups excluding carboxylic acids is 1. The Labute approximate surface area is 113 Å². The van der Waals surface area contributed by atoms with Crippen molar-refractivity contribution in [2.75, 3.05) is 6.54 Å². The van der Waals surface area contributed by atoms with Crippen LogP contribution in [0.5, 0.6) is 0 Å².